The van der Waals surface area contributed by atoms with Crippen LogP contribution < -0.4 is 15.6 Å². The molecule has 0 bridgehead atoms. The largest absolute Gasteiger partial charge is 2.00 e. The van der Waals surface area contributed by atoms with E-state index in [1.165, 1.54) is 62.9 Å². The number of hydrogen-bond donors (Lipinski definition) is 2. The zero-order valence-corrected chi connectivity index (χ0v) is 17.1. The summed E-state index contributed by atoms with van der Waals surface area (Å²) in [6.45, 7) is 2.48. The zero-order valence-electron chi connectivity index (χ0n) is 16.1. The Morgan fingerprint density at radius 1 is 0.871 bits per heavy atom. The third-order valence-electron chi connectivity index (χ3n) is 3.09. The summed E-state index contributed by atoms with van der Waals surface area (Å²) in [7, 11) is 0. The van der Waals surface area contributed by atoms with Gasteiger partial charge in [-0.25, -0.2) is 10.2 Å². The Balaban J connectivity index is 0.000000562. The Morgan fingerprint density at radius 3 is 1.81 bits per heavy atom. The van der Waals surface area contributed by atoms with Gasteiger partial charge in [0.1, 0.15) is 5.71 Å². The average Bonchev–Trinajstić information content (AvgIpc) is 2.76. The number of hydrogen-bond acceptors (Lipinski definition) is 10. The number of rotatable bonds is 6. The number of hydrazone groups is 1. The Hall–Kier alpha value is -3.96. The second kappa shape index (κ2) is 14.1. The minimum Gasteiger partial charge on any atom is -0.857 e. The van der Waals surface area contributed by atoms with Crippen molar-refractivity contribution in [3.8, 4) is 0 Å². The van der Waals surface area contributed by atoms with Crippen LogP contribution in [0.3, 0.4) is 0 Å². The van der Waals surface area contributed by atoms with Crippen molar-refractivity contribution in [2.24, 2.45) is 15.3 Å². The number of carboxylic acids is 2. The maximum absolute atomic E-state index is 11.3. The van der Waals surface area contributed by atoms with Crippen molar-refractivity contribution in [3.63, 3.8) is 0 Å². The number of aliphatic carboxylic acids is 2. The topological polar surface area (TPSA) is 192 Å². The molecule has 1 radical (unpaired) electrons. The van der Waals surface area contributed by atoms with Gasteiger partial charge in [-0.15, -0.1) is 0 Å². The Kier molecular flexibility index (Phi) is 12.3. The van der Waals surface area contributed by atoms with E-state index in [1.807, 2.05) is 0 Å². The predicted octanol–water partition coefficient (Wildman–Crippen LogP) is -1.42. The van der Waals surface area contributed by atoms with Gasteiger partial charge in [-0.3, -0.25) is 14.8 Å². The van der Waals surface area contributed by atoms with E-state index in [4.69, 9.17) is 5.11 Å². The van der Waals surface area contributed by atoms with Gasteiger partial charge in [-0.1, -0.05) is 0 Å². The first-order valence-electron chi connectivity index (χ1n) is 8.11. The van der Waals surface area contributed by atoms with Crippen LogP contribution in [-0.4, -0.2) is 50.2 Å². The van der Waals surface area contributed by atoms with Gasteiger partial charge >= 0.3 is 23.0 Å². The monoisotopic (exact) mass is 475 g/mol. The fourth-order valence-electron chi connectivity index (χ4n) is 1.46. The van der Waals surface area contributed by atoms with Crippen LogP contribution in [-0.2, 0) is 26.7 Å². The molecule has 13 heteroatoms. The van der Waals surface area contributed by atoms with Crippen LogP contribution in [0.25, 0.3) is 0 Å². The summed E-state index contributed by atoms with van der Waals surface area (Å²) >= 11 is 0. The van der Waals surface area contributed by atoms with Crippen molar-refractivity contribution in [2.45, 2.75) is 13.8 Å². The van der Waals surface area contributed by atoms with Crippen molar-refractivity contribution in [3.05, 3.63) is 60.2 Å². The molecule has 0 saturated carbocycles. The van der Waals surface area contributed by atoms with Crippen LogP contribution in [0.4, 0.5) is 0 Å². The standard InChI is InChI=1S/2C9H9N3O3.Cu/c2*1-6(9(14)15)11-12-8(13)7-2-4-10-5-3-7;/h2*2-5H,1H3,(H,12,13)(H,14,15);/q;;+2/p-2/b2*11-6-;. The second-order valence-electron chi connectivity index (χ2n) is 5.29. The van der Waals surface area contributed by atoms with Gasteiger partial charge in [-0.05, 0) is 43.7 Å². The number of carbonyl (C=O) groups excluding carboxylic acids is 2. The van der Waals surface area contributed by atoms with Crippen LogP contribution >= 0.6 is 0 Å². The van der Waals surface area contributed by atoms with E-state index in [0.29, 0.717) is 11.1 Å². The number of carboxylic acid groups (broad SMARTS) is 2. The molecule has 0 atom stereocenters. The van der Waals surface area contributed by atoms with Crippen LogP contribution in [0.1, 0.15) is 29.8 Å². The van der Waals surface area contributed by atoms with E-state index in [1.54, 1.807) is 0 Å². The van der Waals surface area contributed by atoms with Crippen LogP contribution in [0.5, 0.6) is 0 Å². The Bertz CT molecular complexity index is 980. The first kappa shape index (κ1) is 27.0. The molecule has 0 aliphatic rings. The van der Waals surface area contributed by atoms with Crippen LogP contribution in [0.2, 0.25) is 0 Å². The number of nitrogens with zero attached hydrogens (tertiary/aromatic N) is 5. The molecule has 0 saturated heterocycles. The molecule has 0 aliphatic carbocycles. The molecule has 165 valence electrons. The van der Waals surface area contributed by atoms with Gasteiger partial charge in [0, 0.05) is 36.2 Å². The third kappa shape index (κ3) is 10.4. The molecule has 2 N–H and O–H groups in total. The third-order valence-corrected chi connectivity index (χ3v) is 3.09. The van der Waals surface area contributed by atoms with Crippen molar-refractivity contribution in [1.29, 1.82) is 0 Å². The van der Waals surface area contributed by atoms with Gasteiger partial charge in [0.15, 0.2) is 0 Å². The van der Waals surface area contributed by atoms with E-state index in [0.717, 1.165) is 0 Å². The SMILES string of the molecule is C/C(=N/N=C([O-])c1ccncc1)C(=O)[O-].C/C(=N/NC(=O)c1ccncc1)C(=O)O.[Cu+2]. The molecule has 2 aromatic heterocycles. The molecule has 12 nitrogen and oxygen atoms in total. The molecule has 0 aliphatic heterocycles. The molecule has 0 aromatic carbocycles. The molecular weight excluding hydrogens is 460 g/mol. The van der Waals surface area contributed by atoms with E-state index >= 15 is 0 Å². The summed E-state index contributed by atoms with van der Waals surface area (Å²) in [6, 6.07) is 5.91. The summed E-state index contributed by atoms with van der Waals surface area (Å²) in [6.07, 6.45) is 5.78. The van der Waals surface area contributed by atoms with Gasteiger partial charge < -0.3 is 20.1 Å². The van der Waals surface area contributed by atoms with Crippen LogP contribution in [0, 0.1) is 0 Å². The molecular formula is C18H16CuN6O6. The normalized spacial score (nSPS) is 11.4. The smallest absolute Gasteiger partial charge is 0.857 e. The Morgan fingerprint density at radius 2 is 1.35 bits per heavy atom. The number of pyridine rings is 2. The summed E-state index contributed by atoms with van der Waals surface area (Å²) in [5.41, 5.74) is 2.25. The van der Waals surface area contributed by atoms with Crippen molar-refractivity contribution < 1.29 is 46.8 Å². The molecule has 2 aromatic rings. The average molecular weight is 476 g/mol. The molecule has 2 rings (SSSR count). The zero-order chi connectivity index (χ0) is 22.5. The van der Waals surface area contributed by atoms with Crippen molar-refractivity contribution >= 4 is 35.2 Å². The Labute approximate surface area is 186 Å². The van der Waals surface area contributed by atoms with Gasteiger partial charge in [0.2, 0.25) is 0 Å². The number of carbonyl (C=O) groups is 3. The van der Waals surface area contributed by atoms with Crippen molar-refractivity contribution in [1.82, 2.24) is 15.4 Å². The first-order chi connectivity index (χ1) is 14.2. The van der Waals surface area contributed by atoms with E-state index in [9.17, 15) is 24.6 Å². The van der Waals surface area contributed by atoms with Crippen molar-refractivity contribution in [2.75, 3.05) is 0 Å². The van der Waals surface area contributed by atoms with Gasteiger partial charge in [0.25, 0.3) is 5.91 Å². The minimum atomic E-state index is -1.46. The fourth-order valence-corrected chi connectivity index (χ4v) is 1.46. The molecule has 0 unspecified atom stereocenters. The second-order valence-corrected chi connectivity index (χ2v) is 5.29. The van der Waals surface area contributed by atoms with E-state index in [2.05, 4.69) is 30.7 Å². The summed E-state index contributed by atoms with van der Waals surface area (Å²) in [5.74, 6) is -3.73. The molecule has 31 heavy (non-hydrogen) atoms. The number of aromatic nitrogens is 2. The molecule has 0 fully saturated rings. The number of nitrogens with one attached hydrogen (secondary N) is 1. The van der Waals surface area contributed by atoms with E-state index < -0.39 is 23.7 Å². The van der Waals surface area contributed by atoms with Gasteiger partial charge in [-0.2, -0.15) is 15.3 Å². The maximum atomic E-state index is 11.3. The summed E-state index contributed by atoms with van der Waals surface area (Å²) < 4.78 is 0. The molecule has 2 heterocycles. The fraction of sp³-hybridized carbons (Fsp3) is 0.111. The summed E-state index contributed by atoms with van der Waals surface area (Å²) in [5, 5.41) is 39.8. The summed E-state index contributed by atoms with van der Waals surface area (Å²) in [4.78, 5) is 39.4. The predicted molar refractivity (Wildman–Crippen MR) is 101 cm³/mol. The number of amides is 1. The molecule has 1 amide bonds. The van der Waals surface area contributed by atoms with Crippen LogP contribution in [0.15, 0.2) is 64.4 Å². The quantitative estimate of drug-likeness (QED) is 0.220. The van der Waals surface area contributed by atoms with Gasteiger partial charge in [0.05, 0.1) is 11.7 Å². The maximum Gasteiger partial charge on any atom is 2.00 e. The molecule has 0 spiro atoms. The van der Waals surface area contributed by atoms with E-state index in [-0.39, 0.29) is 28.5 Å². The minimum absolute atomic E-state index is 0. The first-order valence-corrected chi connectivity index (χ1v) is 8.11.